The fourth-order valence-electron chi connectivity index (χ4n) is 3.13. The third-order valence-corrected chi connectivity index (χ3v) is 6.38. The van der Waals surface area contributed by atoms with Crippen molar-refractivity contribution in [3.63, 3.8) is 0 Å². The van der Waals surface area contributed by atoms with Crippen LogP contribution >= 0.6 is 0 Å². The van der Waals surface area contributed by atoms with Crippen molar-refractivity contribution in [2.75, 3.05) is 6.54 Å². The molecule has 0 aliphatic carbocycles. The molecule has 1 aliphatic heterocycles. The second kappa shape index (κ2) is 8.44. The largest absolute Gasteiger partial charge is 0.444 e. The van der Waals surface area contributed by atoms with Crippen molar-refractivity contribution < 1.29 is 23.1 Å². The summed E-state index contributed by atoms with van der Waals surface area (Å²) in [7, 11) is -3.83. The standard InChI is InChI=1S/C20H29NO5S/c1-15(27(24,25)17-11-6-5-7-12-17)18(22)14-16-10-8-9-13-21(16)19(23)26-20(2,3)4/h5-7,11-12,16,18,22H,1,8-10,13-14H2,2-4H3. The van der Waals surface area contributed by atoms with Crippen LogP contribution in [0.4, 0.5) is 4.79 Å². The zero-order chi connectivity index (χ0) is 20.2. The predicted molar refractivity (Wildman–Crippen MR) is 104 cm³/mol. The maximum absolute atomic E-state index is 12.7. The number of ether oxygens (including phenoxy) is 1. The van der Waals surface area contributed by atoms with Crippen molar-refractivity contribution in [3.8, 4) is 0 Å². The normalized spacial score (nSPS) is 19.4. The smallest absolute Gasteiger partial charge is 0.410 e. The summed E-state index contributed by atoms with van der Waals surface area (Å²) in [6.07, 6.45) is 0.877. The van der Waals surface area contributed by atoms with Crippen LogP contribution in [0.5, 0.6) is 0 Å². The van der Waals surface area contributed by atoms with Gasteiger partial charge in [0.05, 0.1) is 15.9 Å². The van der Waals surface area contributed by atoms with Gasteiger partial charge in [-0.1, -0.05) is 24.8 Å². The monoisotopic (exact) mass is 395 g/mol. The van der Waals surface area contributed by atoms with Gasteiger partial charge >= 0.3 is 6.09 Å². The summed E-state index contributed by atoms with van der Waals surface area (Å²) < 4.78 is 30.8. The summed E-state index contributed by atoms with van der Waals surface area (Å²) in [6, 6.07) is 7.63. The van der Waals surface area contributed by atoms with E-state index in [2.05, 4.69) is 6.58 Å². The Morgan fingerprint density at radius 2 is 1.93 bits per heavy atom. The summed E-state index contributed by atoms with van der Waals surface area (Å²) in [6.45, 7) is 9.55. The zero-order valence-corrected chi connectivity index (χ0v) is 17.0. The van der Waals surface area contributed by atoms with E-state index >= 15 is 0 Å². The molecule has 0 bridgehead atoms. The second-order valence-corrected chi connectivity index (χ2v) is 9.86. The summed E-state index contributed by atoms with van der Waals surface area (Å²) in [5.41, 5.74) is -0.613. The molecular formula is C20H29NO5S. The lowest BCUT2D eigenvalue weighted by molar-refractivity contribution is 0.00464. The topological polar surface area (TPSA) is 83.9 Å². The van der Waals surface area contributed by atoms with Gasteiger partial charge in [0.1, 0.15) is 5.60 Å². The van der Waals surface area contributed by atoms with Gasteiger partial charge in [0.15, 0.2) is 0 Å². The van der Waals surface area contributed by atoms with E-state index in [1.165, 1.54) is 12.1 Å². The van der Waals surface area contributed by atoms with Gasteiger partial charge in [-0.2, -0.15) is 0 Å². The van der Waals surface area contributed by atoms with Gasteiger partial charge in [-0.3, -0.25) is 0 Å². The summed E-state index contributed by atoms with van der Waals surface area (Å²) in [5.74, 6) is 0. The Hall–Kier alpha value is -1.86. The molecule has 1 saturated heterocycles. The quantitative estimate of drug-likeness (QED) is 0.825. The Morgan fingerprint density at radius 1 is 1.30 bits per heavy atom. The molecule has 0 saturated carbocycles. The van der Waals surface area contributed by atoms with Crippen LogP contribution in [0, 0.1) is 0 Å². The Balaban J connectivity index is 2.11. The lowest BCUT2D eigenvalue weighted by atomic mass is 9.97. The fraction of sp³-hybridized carbons (Fsp3) is 0.550. The van der Waals surface area contributed by atoms with E-state index in [4.69, 9.17) is 4.74 Å². The number of hydrogen-bond acceptors (Lipinski definition) is 5. The van der Waals surface area contributed by atoms with Gasteiger partial charge in [-0.15, -0.1) is 0 Å². The van der Waals surface area contributed by atoms with Crippen molar-refractivity contribution in [3.05, 3.63) is 41.8 Å². The Kier molecular flexibility index (Phi) is 6.70. The van der Waals surface area contributed by atoms with E-state index in [0.29, 0.717) is 13.0 Å². The molecule has 7 heteroatoms. The van der Waals surface area contributed by atoms with Crippen LogP contribution in [0.25, 0.3) is 0 Å². The van der Waals surface area contributed by atoms with E-state index in [0.717, 1.165) is 12.8 Å². The van der Waals surface area contributed by atoms with Crippen LogP contribution in [0.2, 0.25) is 0 Å². The van der Waals surface area contributed by atoms with E-state index in [9.17, 15) is 18.3 Å². The molecule has 1 N–H and O–H groups in total. The van der Waals surface area contributed by atoms with Crippen LogP contribution in [-0.4, -0.2) is 48.8 Å². The number of carbonyl (C=O) groups excluding carboxylic acids is 1. The van der Waals surface area contributed by atoms with Crippen LogP contribution in [0.3, 0.4) is 0 Å². The number of rotatable bonds is 5. The number of aliphatic hydroxyl groups excluding tert-OH is 1. The number of hydrogen-bond donors (Lipinski definition) is 1. The van der Waals surface area contributed by atoms with E-state index in [-0.39, 0.29) is 22.3 Å². The lowest BCUT2D eigenvalue weighted by Crippen LogP contribution is -2.47. The maximum atomic E-state index is 12.7. The number of carbonyl (C=O) groups is 1. The first-order valence-electron chi connectivity index (χ1n) is 9.19. The van der Waals surface area contributed by atoms with Gasteiger partial charge in [-0.05, 0) is 58.6 Å². The minimum Gasteiger partial charge on any atom is -0.444 e. The molecule has 6 nitrogen and oxygen atoms in total. The van der Waals surface area contributed by atoms with Crippen LogP contribution < -0.4 is 0 Å². The SMILES string of the molecule is C=C(C(O)CC1CCCCN1C(=O)OC(C)(C)C)S(=O)(=O)c1ccccc1. The van der Waals surface area contributed by atoms with Gasteiger partial charge in [0.2, 0.25) is 9.84 Å². The van der Waals surface area contributed by atoms with Crippen LogP contribution in [0.1, 0.15) is 46.5 Å². The second-order valence-electron chi connectivity index (χ2n) is 7.86. The fourth-order valence-corrected chi connectivity index (χ4v) is 4.40. The van der Waals surface area contributed by atoms with Crippen molar-refractivity contribution in [2.45, 2.75) is 69.1 Å². The first kappa shape index (κ1) is 21.4. The zero-order valence-electron chi connectivity index (χ0n) is 16.2. The number of likely N-dealkylation sites (tertiary alicyclic amines) is 1. The molecule has 1 fully saturated rings. The molecule has 1 aliphatic rings. The number of amides is 1. The molecule has 2 unspecified atom stereocenters. The highest BCUT2D eigenvalue weighted by atomic mass is 32.2. The predicted octanol–water partition coefficient (Wildman–Crippen LogP) is 3.51. The lowest BCUT2D eigenvalue weighted by Gasteiger charge is -2.37. The molecule has 1 heterocycles. The third-order valence-electron chi connectivity index (χ3n) is 4.52. The van der Waals surface area contributed by atoms with Crippen molar-refractivity contribution in [1.82, 2.24) is 4.90 Å². The van der Waals surface area contributed by atoms with Crippen LogP contribution in [0.15, 0.2) is 46.7 Å². The van der Waals surface area contributed by atoms with Crippen molar-refractivity contribution in [1.29, 1.82) is 0 Å². The molecule has 150 valence electrons. The Morgan fingerprint density at radius 3 is 2.52 bits per heavy atom. The van der Waals surface area contributed by atoms with Gasteiger partial charge in [0, 0.05) is 12.6 Å². The number of sulfone groups is 1. The van der Waals surface area contributed by atoms with Crippen LogP contribution in [-0.2, 0) is 14.6 Å². The molecule has 0 radical (unpaired) electrons. The molecule has 27 heavy (non-hydrogen) atoms. The van der Waals surface area contributed by atoms with Crippen molar-refractivity contribution >= 4 is 15.9 Å². The summed E-state index contributed by atoms with van der Waals surface area (Å²) in [4.78, 5) is 13.9. The highest BCUT2D eigenvalue weighted by Crippen LogP contribution is 2.28. The molecule has 2 rings (SSSR count). The highest BCUT2D eigenvalue weighted by molar-refractivity contribution is 7.95. The average Bonchev–Trinajstić information content (AvgIpc) is 2.60. The molecule has 0 spiro atoms. The Labute approximate surface area is 161 Å². The van der Waals surface area contributed by atoms with E-state index < -0.39 is 27.6 Å². The molecular weight excluding hydrogens is 366 g/mol. The highest BCUT2D eigenvalue weighted by Gasteiger charge is 2.34. The first-order chi connectivity index (χ1) is 12.5. The maximum Gasteiger partial charge on any atom is 0.410 e. The van der Waals surface area contributed by atoms with E-state index in [1.54, 1.807) is 43.9 Å². The molecule has 0 aromatic heterocycles. The number of piperidine rings is 1. The average molecular weight is 396 g/mol. The van der Waals surface area contributed by atoms with Gasteiger partial charge in [-0.25, -0.2) is 13.2 Å². The number of benzene rings is 1. The Bertz CT molecular complexity index is 767. The van der Waals surface area contributed by atoms with Gasteiger partial charge in [0.25, 0.3) is 0 Å². The van der Waals surface area contributed by atoms with E-state index in [1.807, 2.05) is 0 Å². The van der Waals surface area contributed by atoms with Crippen molar-refractivity contribution in [2.24, 2.45) is 0 Å². The summed E-state index contributed by atoms with van der Waals surface area (Å²) in [5, 5.41) is 10.5. The first-order valence-corrected chi connectivity index (χ1v) is 10.7. The third kappa shape index (κ3) is 5.56. The number of aliphatic hydroxyl groups is 1. The molecule has 1 aromatic rings. The molecule has 1 aromatic carbocycles. The van der Waals surface area contributed by atoms with Gasteiger partial charge < -0.3 is 14.7 Å². The minimum atomic E-state index is -3.83. The molecule has 2 atom stereocenters. The summed E-state index contributed by atoms with van der Waals surface area (Å²) >= 11 is 0. The minimum absolute atomic E-state index is 0.0988. The molecule has 1 amide bonds. The number of nitrogens with zero attached hydrogens (tertiary/aromatic N) is 1.